The molecule has 0 aromatic rings. The maximum Gasteiger partial charge on any atom is 0.303 e. The van der Waals surface area contributed by atoms with E-state index in [2.05, 4.69) is 0 Å². The highest BCUT2D eigenvalue weighted by Crippen LogP contribution is 2.39. The zero-order valence-electron chi connectivity index (χ0n) is 8.14. The lowest BCUT2D eigenvalue weighted by atomic mass is 9.91. The molecule has 2 aliphatic rings. The molecule has 0 amide bonds. The van der Waals surface area contributed by atoms with Crippen LogP contribution in [0.3, 0.4) is 0 Å². The lowest BCUT2D eigenvalue weighted by Gasteiger charge is -2.24. The summed E-state index contributed by atoms with van der Waals surface area (Å²) in [5, 5.41) is 0. The Balaban J connectivity index is 2.05. The van der Waals surface area contributed by atoms with Crippen molar-refractivity contribution in [1.29, 1.82) is 0 Å². The average Bonchev–Trinajstić information content (AvgIpc) is 2.87. The Bertz CT molecular complexity index is 247. The summed E-state index contributed by atoms with van der Waals surface area (Å²) in [6.45, 7) is 1.50. The standard InChI is InChI=1S/C11H16O2/c1-8(12)13-11-5-3-2-4-10(11)9-6-7-9/h11H,2-7H2,1H3. The molecule has 0 radical (unpaired) electrons. The summed E-state index contributed by atoms with van der Waals surface area (Å²) < 4.78 is 5.31. The van der Waals surface area contributed by atoms with Crippen LogP contribution < -0.4 is 0 Å². The van der Waals surface area contributed by atoms with Gasteiger partial charge >= 0.3 is 5.97 Å². The number of carbonyl (C=O) groups is 1. The molecular formula is C11H16O2. The second-order valence-corrected chi connectivity index (χ2v) is 3.97. The van der Waals surface area contributed by atoms with E-state index in [1.54, 1.807) is 5.57 Å². The zero-order valence-corrected chi connectivity index (χ0v) is 8.14. The van der Waals surface area contributed by atoms with E-state index < -0.39 is 0 Å². The fourth-order valence-corrected chi connectivity index (χ4v) is 2.10. The second kappa shape index (κ2) is 3.52. The molecule has 2 fully saturated rings. The Morgan fingerprint density at radius 1 is 1.31 bits per heavy atom. The second-order valence-electron chi connectivity index (χ2n) is 3.97. The Morgan fingerprint density at radius 2 is 2.08 bits per heavy atom. The Hall–Kier alpha value is -0.790. The van der Waals surface area contributed by atoms with Crippen LogP contribution in [0.15, 0.2) is 11.1 Å². The Kier molecular flexibility index (Phi) is 2.38. The van der Waals surface area contributed by atoms with Crippen LogP contribution in [0.4, 0.5) is 0 Å². The Labute approximate surface area is 79.0 Å². The van der Waals surface area contributed by atoms with E-state index in [0.717, 1.165) is 12.8 Å². The normalized spacial score (nSPS) is 27.3. The average molecular weight is 180 g/mol. The van der Waals surface area contributed by atoms with Crippen LogP contribution in [0.2, 0.25) is 0 Å². The molecule has 13 heavy (non-hydrogen) atoms. The minimum Gasteiger partial charge on any atom is -0.458 e. The highest BCUT2D eigenvalue weighted by atomic mass is 16.5. The molecule has 0 aliphatic heterocycles. The van der Waals surface area contributed by atoms with E-state index in [9.17, 15) is 4.79 Å². The summed E-state index contributed by atoms with van der Waals surface area (Å²) in [7, 11) is 0. The monoisotopic (exact) mass is 180 g/mol. The number of allylic oxidation sites excluding steroid dienone is 1. The molecule has 0 N–H and O–H groups in total. The molecule has 2 heteroatoms. The number of rotatable bonds is 1. The van der Waals surface area contributed by atoms with Gasteiger partial charge in [-0.2, -0.15) is 0 Å². The minimum absolute atomic E-state index is 0.128. The van der Waals surface area contributed by atoms with Gasteiger partial charge in [-0.1, -0.05) is 5.57 Å². The van der Waals surface area contributed by atoms with E-state index in [-0.39, 0.29) is 12.1 Å². The third kappa shape index (κ3) is 2.11. The zero-order chi connectivity index (χ0) is 9.26. The lowest BCUT2D eigenvalue weighted by molar-refractivity contribution is -0.145. The van der Waals surface area contributed by atoms with Gasteiger partial charge in [0.1, 0.15) is 6.10 Å². The van der Waals surface area contributed by atoms with Gasteiger partial charge < -0.3 is 4.74 Å². The highest BCUT2D eigenvalue weighted by Gasteiger charge is 2.28. The van der Waals surface area contributed by atoms with Gasteiger partial charge in [-0.25, -0.2) is 0 Å². The van der Waals surface area contributed by atoms with Crippen LogP contribution in [-0.2, 0) is 9.53 Å². The van der Waals surface area contributed by atoms with Crippen molar-refractivity contribution in [3.63, 3.8) is 0 Å². The van der Waals surface area contributed by atoms with Gasteiger partial charge in [0.05, 0.1) is 0 Å². The van der Waals surface area contributed by atoms with Crippen LogP contribution >= 0.6 is 0 Å². The predicted octanol–water partition coefficient (Wildman–Crippen LogP) is 2.58. The molecule has 2 nitrogen and oxygen atoms in total. The third-order valence-electron chi connectivity index (χ3n) is 2.81. The summed E-state index contributed by atoms with van der Waals surface area (Å²) in [6.07, 6.45) is 7.29. The summed E-state index contributed by atoms with van der Waals surface area (Å²) >= 11 is 0. The molecular weight excluding hydrogens is 164 g/mol. The molecule has 0 bridgehead atoms. The number of hydrogen-bond acceptors (Lipinski definition) is 2. The van der Waals surface area contributed by atoms with Crippen molar-refractivity contribution in [2.24, 2.45) is 0 Å². The molecule has 0 spiro atoms. The van der Waals surface area contributed by atoms with Gasteiger partial charge in [0.15, 0.2) is 0 Å². The van der Waals surface area contributed by atoms with Crippen molar-refractivity contribution in [1.82, 2.24) is 0 Å². The quantitative estimate of drug-likeness (QED) is 0.458. The van der Waals surface area contributed by atoms with E-state index in [1.165, 1.54) is 38.2 Å². The van der Waals surface area contributed by atoms with Crippen molar-refractivity contribution in [3.8, 4) is 0 Å². The molecule has 0 aromatic heterocycles. The molecule has 72 valence electrons. The van der Waals surface area contributed by atoms with Gasteiger partial charge in [-0.3, -0.25) is 4.79 Å². The fourth-order valence-electron chi connectivity index (χ4n) is 2.10. The fraction of sp³-hybridized carbons (Fsp3) is 0.727. The highest BCUT2D eigenvalue weighted by molar-refractivity contribution is 5.66. The topological polar surface area (TPSA) is 26.3 Å². The molecule has 0 saturated heterocycles. The van der Waals surface area contributed by atoms with E-state index in [0.29, 0.717) is 0 Å². The molecule has 1 unspecified atom stereocenters. The van der Waals surface area contributed by atoms with Crippen LogP contribution in [0.25, 0.3) is 0 Å². The molecule has 1 atom stereocenters. The minimum atomic E-state index is -0.134. The van der Waals surface area contributed by atoms with Crippen molar-refractivity contribution < 1.29 is 9.53 Å². The number of esters is 1. The van der Waals surface area contributed by atoms with Crippen molar-refractivity contribution in [2.45, 2.75) is 51.6 Å². The van der Waals surface area contributed by atoms with Crippen LogP contribution in [0, 0.1) is 0 Å². The maximum atomic E-state index is 10.9. The van der Waals surface area contributed by atoms with Gasteiger partial charge in [-0.05, 0) is 44.1 Å². The SMILES string of the molecule is CC(=O)OC1CCCCC1=C1CC1. The van der Waals surface area contributed by atoms with E-state index in [4.69, 9.17) is 4.74 Å². The first-order chi connectivity index (χ1) is 6.27. The van der Waals surface area contributed by atoms with Crippen molar-refractivity contribution in [3.05, 3.63) is 11.1 Å². The maximum absolute atomic E-state index is 10.9. The molecule has 2 rings (SSSR count). The van der Waals surface area contributed by atoms with Crippen LogP contribution in [0.1, 0.15) is 45.4 Å². The lowest BCUT2D eigenvalue weighted by Crippen LogP contribution is -2.22. The molecule has 2 saturated carbocycles. The largest absolute Gasteiger partial charge is 0.458 e. The smallest absolute Gasteiger partial charge is 0.303 e. The van der Waals surface area contributed by atoms with Crippen molar-refractivity contribution in [2.75, 3.05) is 0 Å². The predicted molar refractivity (Wildman–Crippen MR) is 50.3 cm³/mol. The van der Waals surface area contributed by atoms with Gasteiger partial charge in [0, 0.05) is 6.92 Å². The number of ether oxygens (including phenoxy) is 1. The summed E-state index contributed by atoms with van der Waals surface area (Å²) in [5.74, 6) is -0.134. The molecule has 0 heterocycles. The van der Waals surface area contributed by atoms with Crippen molar-refractivity contribution >= 4 is 5.97 Å². The van der Waals surface area contributed by atoms with Gasteiger partial charge in [-0.15, -0.1) is 0 Å². The first kappa shape index (κ1) is 8.79. The molecule has 0 aromatic carbocycles. The van der Waals surface area contributed by atoms with E-state index >= 15 is 0 Å². The summed E-state index contributed by atoms with van der Waals surface area (Å²) in [5.41, 5.74) is 3.01. The van der Waals surface area contributed by atoms with Gasteiger partial charge in [0.2, 0.25) is 0 Å². The Morgan fingerprint density at radius 3 is 2.69 bits per heavy atom. The molecule has 2 aliphatic carbocycles. The summed E-state index contributed by atoms with van der Waals surface area (Å²) in [4.78, 5) is 10.9. The first-order valence-electron chi connectivity index (χ1n) is 5.15. The van der Waals surface area contributed by atoms with Crippen LogP contribution in [-0.4, -0.2) is 12.1 Å². The van der Waals surface area contributed by atoms with Crippen LogP contribution in [0.5, 0.6) is 0 Å². The summed E-state index contributed by atoms with van der Waals surface area (Å²) in [6, 6.07) is 0. The number of hydrogen-bond donors (Lipinski definition) is 0. The first-order valence-corrected chi connectivity index (χ1v) is 5.15. The number of carbonyl (C=O) groups excluding carboxylic acids is 1. The van der Waals surface area contributed by atoms with E-state index in [1.807, 2.05) is 0 Å². The third-order valence-corrected chi connectivity index (χ3v) is 2.81. The van der Waals surface area contributed by atoms with Gasteiger partial charge in [0.25, 0.3) is 0 Å².